The largest absolute Gasteiger partial charge is 0.372 e. The molecule has 0 atom stereocenters. The van der Waals surface area contributed by atoms with E-state index in [9.17, 15) is 9.18 Å². The van der Waals surface area contributed by atoms with Gasteiger partial charge in [-0.3, -0.25) is 9.79 Å². The summed E-state index contributed by atoms with van der Waals surface area (Å²) in [5, 5.41) is 7.36. The molecule has 4 nitrogen and oxygen atoms in total. The zero-order chi connectivity index (χ0) is 23.4. The number of aliphatic imine (C=N–C) groups is 1. The molecule has 1 heterocycles. The number of aryl methyl sites for hydroxylation is 1. The SMILES string of the molecule is O=C(NCc1ccc(Cl)c(Cl)c1)c1cc(CCC2=NCCN2)cc(-c2ccc(F)cc2Cl)c1. The number of benzene rings is 3. The van der Waals surface area contributed by atoms with Gasteiger partial charge in [-0.05, 0) is 65.6 Å². The quantitative estimate of drug-likeness (QED) is 0.396. The Balaban J connectivity index is 1.59. The third kappa shape index (κ3) is 6.05. The van der Waals surface area contributed by atoms with Crippen LogP contribution in [0.4, 0.5) is 4.39 Å². The molecule has 0 aliphatic carbocycles. The molecule has 0 aromatic heterocycles. The summed E-state index contributed by atoms with van der Waals surface area (Å²) in [5.41, 5.74) is 3.70. The summed E-state index contributed by atoms with van der Waals surface area (Å²) < 4.78 is 13.6. The molecule has 3 aromatic rings. The molecule has 170 valence electrons. The highest BCUT2D eigenvalue weighted by atomic mass is 35.5. The Morgan fingerprint density at radius 2 is 1.79 bits per heavy atom. The van der Waals surface area contributed by atoms with E-state index in [1.165, 1.54) is 12.1 Å². The lowest BCUT2D eigenvalue weighted by Crippen LogP contribution is -2.23. The van der Waals surface area contributed by atoms with Gasteiger partial charge in [-0.15, -0.1) is 0 Å². The van der Waals surface area contributed by atoms with Gasteiger partial charge in [0.2, 0.25) is 0 Å². The summed E-state index contributed by atoms with van der Waals surface area (Å²) in [6.45, 7) is 1.93. The lowest BCUT2D eigenvalue weighted by atomic mass is 9.97. The summed E-state index contributed by atoms with van der Waals surface area (Å²) in [5.74, 6) is 0.314. The highest BCUT2D eigenvalue weighted by Gasteiger charge is 2.14. The number of carbonyl (C=O) groups is 1. The van der Waals surface area contributed by atoms with Gasteiger partial charge in [0.1, 0.15) is 5.82 Å². The molecule has 2 N–H and O–H groups in total. The van der Waals surface area contributed by atoms with Crippen LogP contribution in [0.5, 0.6) is 0 Å². The maximum Gasteiger partial charge on any atom is 0.251 e. The topological polar surface area (TPSA) is 53.5 Å². The number of carbonyl (C=O) groups excluding carboxylic acids is 1. The maximum absolute atomic E-state index is 13.6. The van der Waals surface area contributed by atoms with Crippen molar-refractivity contribution in [3.63, 3.8) is 0 Å². The number of nitrogens with one attached hydrogen (secondary N) is 2. The van der Waals surface area contributed by atoms with E-state index in [2.05, 4.69) is 15.6 Å². The van der Waals surface area contributed by atoms with Gasteiger partial charge >= 0.3 is 0 Å². The summed E-state index contributed by atoms with van der Waals surface area (Å²) in [7, 11) is 0. The Kier molecular flexibility index (Phi) is 7.53. The van der Waals surface area contributed by atoms with E-state index in [0.717, 1.165) is 42.0 Å². The van der Waals surface area contributed by atoms with Gasteiger partial charge in [0, 0.05) is 30.6 Å². The van der Waals surface area contributed by atoms with Crippen molar-refractivity contribution in [3.8, 4) is 11.1 Å². The summed E-state index contributed by atoms with van der Waals surface area (Å²) in [4.78, 5) is 17.4. The normalized spacial score (nSPS) is 12.9. The van der Waals surface area contributed by atoms with Crippen LogP contribution in [0.15, 0.2) is 59.6 Å². The predicted octanol–water partition coefficient (Wildman–Crippen LogP) is 6.32. The van der Waals surface area contributed by atoms with Crippen molar-refractivity contribution in [3.05, 3.63) is 92.2 Å². The van der Waals surface area contributed by atoms with E-state index >= 15 is 0 Å². The van der Waals surface area contributed by atoms with Crippen molar-refractivity contribution in [2.45, 2.75) is 19.4 Å². The van der Waals surface area contributed by atoms with E-state index in [0.29, 0.717) is 34.1 Å². The Morgan fingerprint density at radius 3 is 2.52 bits per heavy atom. The van der Waals surface area contributed by atoms with Crippen molar-refractivity contribution < 1.29 is 9.18 Å². The van der Waals surface area contributed by atoms with E-state index < -0.39 is 5.82 Å². The molecular formula is C25H21Cl3FN3O. The van der Waals surface area contributed by atoms with Gasteiger partial charge in [0.25, 0.3) is 5.91 Å². The standard InChI is InChI=1S/C25H21Cl3FN3O/c26-21-5-1-16(11-23(21)28)14-32-25(33)18-10-15(2-6-24-30-7-8-31-24)9-17(12-18)20-4-3-19(29)13-22(20)27/h1,3-5,9-13H,2,6-8,14H2,(H,30,31)(H,32,33). The van der Waals surface area contributed by atoms with E-state index in [1.54, 1.807) is 24.3 Å². The number of rotatable bonds is 7. The molecule has 1 aliphatic rings. The second-order valence-corrected chi connectivity index (χ2v) is 8.95. The first-order valence-corrected chi connectivity index (χ1v) is 11.6. The van der Waals surface area contributed by atoms with Crippen LogP contribution in [-0.4, -0.2) is 24.8 Å². The molecule has 3 aromatic carbocycles. The number of hydrogen-bond acceptors (Lipinski definition) is 3. The van der Waals surface area contributed by atoms with Crippen LogP contribution in [0.1, 0.15) is 27.9 Å². The van der Waals surface area contributed by atoms with E-state index in [4.69, 9.17) is 34.8 Å². The Labute approximate surface area is 206 Å². The number of hydrogen-bond donors (Lipinski definition) is 2. The fraction of sp³-hybridized carbons (Fsp3) is 0.200. The second-order valence-electron chi connectivity index (χ2n) is 7.73. The first kappa shape index (κ1) is 23.6. The predicted molar refractivity (Wildman–Crippen MR) is 133 cm³/mol. The number of halogens is 4. The second kappa shape index (κ2) is 10.6. The van der Waals surface area contributed by atoms with Crippen molar-refractivity contribution in [1.82, 2.24) is 10.6 Å². The van der Waals surface area contributed by atoms with Gasteiger partial charge < -0.3 is 10.6 Å². The van der Waals surface area contributed by atoms with E-state index in [-0.39, 0.29) is 10.9 Å². The molecule has 4 rings (SSSR count). The molecule has 0 spiro atoms. The molecule has 1 amide bonds. The average Bonchev–Trinajstić information content (AvgIpc) is 3.32. The van der Waals surface area contributed by atoms with Crippen LogP contribution in [0.3, 0.4) is 0 Å². The maximum atomic E-state index is 13.6. The zero-order valence-corrected chi connectivity index (χ0v) is 19.9. The van der Waals surface area contributed by atoms with Crippen molar-refractivity contribution in [1.29, 1.82) is 0 Å². The first-order chi connectivity index (χ1) is 15.9. The van der Waals surface area contributed by atoms with Gasteiger partial charge in [0.15, 0.2) is 0 Å². The van der Waals surface area contributed by atoms with Crippen molar-refractivity contribution in [2.75, 3.05) is 13.1 Å². The third-order valence-corrected chi connectivity index (χ3v) is 6.38. The van der Waals surface area contributed by atoms with Gasteiger partial charge in [-0.25, -0.2) is 4.39 Å². The molecule has 1 aliphatic heterocycles. The summed E-state index contributed by atoms with van der Waals surface area (Å²) in [6.07, 6.45) is 1.44. The van der Waals surface area contributed by atoms with Gasteiger partial charge in [-0.1, -0.05) is 46.9 Å². The number of amides is 1. The molecule has 0 radical (unpaired) electrons. The molecule has 0 fully saturated rings. The monoisotopic (exact) mass is 503 g/mol. The molecular weight excluding hydrogens is 484 g/mol. The lowest BCUT2D eigenvalue weighted by molar-refractivity contribution is 0.0951. The van der Waals surface area contributed by atoms with Crippen LogP contribution in [0.2, 0.25) is 15.1 Å². The van der Waals surface area contributed by atoms with Gasteiger partial charge in [-0.2, -0.15) is 0 Å². The van der Waals surface area contributed by atoms with Crippen LogP contribution in [0, 0.1) is 5.82 Å². The average molecular weight is 505 g/mol. The smallest absolute Gasteiger partial charge is 0.251 e. The lowest BCUT2D eigenvalue weighted by Gasteiger charge is -2.12. The minimum absolute atomic E-state index is 0.237. The number of nitrogens with zero attached hydrogens (tertiary/aromatic N) is 1. The minimum Gasteiger partial charge on any atom is -0.372 e. The Bertz CT molecular complexity index is 1230. The number of amidine groups is 1. The van der Waals surface area contributed by atoms with Crippen LogP contribution in [0.25, 0.3) is 11.1 Å². The van der Waals surface area contributed by atoms with Gasteiger partial charge in [0.05, 0.1) is 27.4 Å². The van der Waals surface area contributed by atoms with Crippen molar-refractivity contribution in [2.24, 2.45) is 4.99 Å². The molecule has 8 heteroatoms. The fourth-order valence-electron chi connectivity index (χ4n) is 3.66. The van der Waals surface area contributed by atoms with Crippen LogP contribution < -0.4 is 10.6 Å². The first-order valence-electron chi connectivity index (χ1n) is 10.5. The summed E-state index contributed by atoms with van der Waals surface area (Å²) in [6, 6.07) is 15.1. The van der Waals surface area contributed by atoms with E-state index in [1.807, 2.05) is 18.2 Å². The fourth-order valence-corrected chi connectivity index (χ4v) is 4.25. The Morgan fingerprint density at radius 1 is 0.939 bits per heavy atom. The highest BCUT2D eigenvalue weighted by Crippen LogP contribution is 2.30. The van der Waals surface area contributed by atoms with Crippen LogP contribution in [-0.2, 0) is 13.0 Å². The highest BCUT2D eigenvalue weighted by molar-refractivity contribution is 6.42. The molecule has 0 saturated carbocycles. The third-order valence-electron chi connectivity index (χ3n) is 5.33. The van der Waals surface area contributed by atoms with Crippen molar-refractivity contribution >= 4 is 46.5 Å². The zero-order valence-electron chi connectivity index (χ0n) is 17.6. The summed E-state index contributed by atoms with van der Waals surface area (Å²) >= 11 is 18.3. The molecule has 0 saturated heterocycles. The molecule has 0 unspecified atom stereocenters. The Hall–Kier alpha value is -2.60. The minimum atomic E-state index is -0.412. The molecule has 33 heavy (non-hydrogen) atoms. The molecule has 0 bridgehead atoms. The van der Waals surface area contributed by atoms with Crippen LogP contribution >= 0.6 is 34.8 Å².